The number of amides is 2. The van der Waals surface area contributed by atoms with Gasteiger partial charge in [0.15, 0.2) is 0 Å². The number of hydrogen-bond acceptors (Lipinski definition) is 3. The van der Waals surface area contributed by atoms with Gasteiger partial charge in [0, 0.05) is 18.5 Å². The molecule has 0 saturated carbocycles. The van der Waals surface area contributed by atoms with E-state index in [0.29, 0.717) is 11.3 Å². The maximum Gasteiger partial charge on any atom is 0.240 e. The molecule has 0 atom stereocenters. The second kappa shape index (κ2) is 8.62. The SMILES string of the molecule is Bc1ccc(NC(=O)CCC(=O)N/N=C/c2ccc(F)cc2)cc1. The number of anilines is 1. The number of rotatable bonds is 6. The van der Waals surface area contributed by atoms with Gasteiger partial charge in [0.1, 0.15) is 13.7 Å². The molecule has 2 aromatic carbocycles. The number of halogens is 1. The molecule has 0 aliphatic rings. The van der Waals surface area contributed by atoms with Crippen molar-refractivity contribution in [3.8, 4) is 0 Å². The summed E-state index contributed by atoms with van der Waals surface area (Å²) in [6.45, 7) is 0. The van der Waals surface area contributed by atoms with Crippen LogP contribution < -0.4 is 16.2 Å². The van der Waals surface area contributed by atoms with Crippen molar-refractivity contribution in [2.24, 2.45) is 5.10 Å². The van der Waals surface area contributed by atoms with E-state index < -0.39 is 0 Å². The Labute approximate surface area is 140 Å². The predicted molar refractivity (Wildman–Crippen MR) is 94.6 cm³/mol. The molecule has 7 heteroatoms. The van der Waals surface area contributed by atoms with Gasteiger partial charge < -0.3 is 5.32 Å². The zero-order valence-corrected chi connectivity index (χ0v) is 13.3. The minimum atomic E-state index is -0.368. The van der Waals surface area contributed by atoms with E-state index in [0.717, 1.165) is 5.46 Å². The molecule has 0 spiro atoms. The minimum absolute atomic E-state index is 0.0262. The van der Waals surface area contributed by atoms with E-state index in [1.165, 1.54) is 18.3 Å². The van der Waals surface area contributed by atoms with Crippen LogP contribution in [0.2, 0.25) is 0 Å². The minimum Gasteiger partial charge on any atom is -0.326 e. The summed E-state index contributed by atoms with van der Waals surface area (Å²) in [5.41, 5.74) is 4.79. The average Bonchev–Trinajstić information content (AvgIpc) is 2.57. The van der Waals surface area contributed by atoms with Crippen molar-refractivity contribution in [3.05, 3.63) is 59.9 Å². The molecule has 0 aliphatic carbocycles. The molecule has 0 unspecified atom stereocenters. The zero-order chi connectivity index (χ0) is 17.4. The highest BCUT2D eigenvalue weighted by molar-refractivity contribution is 6.32. The molecule has 0 aromatic heterocycles. The third-order valence-corrected chi connectivity index (χ3v) is 3.19. The molecular weight excluding hydrogens is 308 g/mol. The van der Waals surface area contributed by atoms with Crippen LogP contribution in [0, 0.1) is 5.82 Å². The fourth-order valence-electron chi connectivity index (χ4n) is 1.87. The van der Waals surface area contributed by atoms with Crippen molar-refractivity contribution >= 4 is 37.0 Å². The second-order valence-electron chi connectivity index (χ2n) is 5.26. The predicted octanol–water partition coefficient (Wildman–Crippen LogP) is 0.953. The van der Waals surface area contributed by atoms with Crippen LogP contribution in [0.3, 0.4) is 0 Å². The highest BCUT2D eigenvalue weighted by atomic mass is 19.1. The lowest BCUT2D eigenvalue weighted by Crippen LogP contribution is -2.20. The van der Waals surface area contributed by atoms with Crippen LogP contribution in [0.4, 0.5) is 10.1 Å². The number of benzene rings is 2. The van der Waals surface area contributed by atoms with Gasteiger partial charge in [-0.2, -0.15) is 5.10 Å². The van der Waals surface area contributed by atoms with Crippen LogP contribution in [0.25, 0.3) is 0 Å². The van der Waals surface area contributed by atoms with Crippen LogP contribution >= 0.6 is 0 Å². The van der Waals surface area contributed by atoms with Gasteiger partial charge in [0.05, 0.1) is 6.21 Å². The normalized spacial score (nSPS) is 10.5. The van der Waals surface area contributed by atoms with Crippen LogP contribution in [0.1, 0.15) is 18.4 Å². The van der Waals surface area contributed by atoms with Gasteiger partial charge in [0.25, 0.3) is 0 Å². The number of nitrogens with zero attached hydrogens (tertiary/aromatic N) is 1. The lowest BCUT2D eigenvalue weighted by Gasteiger charge is -2.05. The Balaban J connectivity index is 1.71. The van der Waals surface area contributed by atoms with Crippen LogP contribution in [-0.4, -0.2) is 25.9 Å². The molecule has 2 rings (SSSR count). The highest BCUT2D eigenvalue weighted by Crippen LogP contribution is 2.05. The molecule has 0 fully saturated rings. The molecule has 0 aliphatic heterocycles. The molecule has 0 saturated heterocycles. The highest BCUT2D eigenvalue weighted by Gasteiger charge is 2.06. The van der Waals surface area contributed by atoms with E-state index >= 15 is 0 Å². The van der Waals surface area contributed by atoms with Crippen molar-refractivity contribution in [1.29, 1.82) is 0 Å². The Morgan fingerprint density at radius 1 is 1.00 bits per heavy atom. The summed E-state index contributed by atoms with van der Waals surface area (Å²) in [4.78, 5) is 23.4. The van der Waals surface area contributed by atoms with E-state index in [2.05, 4.69) is 15.8 Å². The number of carbonyl (C=O) groups excluding carboxylic acids is 2. The van der Waals surface area contributed by atoms with E-state index in [-0.39, 0.29) is 30.5 Å². The molecule has 2 aromatic rings. The van der Waals surface area contributed by atoms with Crippen LogP contribution in [-0.2, 0) is 9.59 Å². The molecular formula is C17H17BFN3O2. The van der Waals surface area contributed by atoms with Crippen molar-refractivity contribution in [3.63, 3.8) is 0 Å². The Hall–Kier alpha value is -2.96. The monoisotopic (exact) mass is 325 g/mol. The topological polar surface area (TPSA) is 70.6 Å². The molecule has 5 nitrogen and oxygen atoms in total. The Kier molecular flexibility index (Phi) is 6.25. The molecule has 24 heavy (non-hydrogen) atoms. The van der Waals surface area contributed by atoms with Gasteiger partial charge in [-0.25, -0.2) is 9.82 Å². The maximum absolute atomic E-state index is 12.7. The van der Waals surface area contributed by atoms with Gasteiger partial charge in [-0.15, -0.1) is 0 Å². The van der Waals surface area contributed by atoms with Crippen LogP contribution in [0.5, 0.6) is 0 Å². The smallest absolute Gasteiger partial charge is 0.240 e. The first-order chi connectivity index (χ1) is 11.5. The first kappa shape index (κ1) is 17.4. The number of carbonyl (C=O) groups is 2. The summed E-state index contributed by atoms with van der Waals surface area (Å²) in [6.07, 6.45) is 1.49. The molecule has 122 valence electrons. The zero-order valence-electron chi connectivity index (χ0n) is 13.3. The Morgan fingerprint density at radius 2 is 1.62 bits per heavy atom. The van der Waals surface area contributed by atoms with Gasteiger partial charge in [-0.3, -0.25) is 9.59 Å². The lowest BCUT2D eigenvalue weighted by molar-refractivity contribution is -0.124. The van der Waals surface area contributed by atoms with Crippen LogP contribution in [0.15, 0.2) is 53.6 Å². The van der Waals surface area contributed by atoms with Gasteiger partial charge in [-0.05, 0) is 29.8 Å². The first-order valence-corrected chi connectivity index (χ1v) is 7.47. The van der Waals surface area contributed by atoms with Crippen molar-refractivity contribution in [2.75, 3.05) is 5.32 Å². The second-order valence-corrected chi connectivity index (χ2v) is 5.26. The van der Waals surface area contributed by atoms with Gasteiger partial charge in [0.2, 0.25) is 11.8 Å². The van der Waals surface area contributed by atoms with Crippen molar-refractivity contribution in [2.45, 2.75) is 12.8 Å². The van der Waals surface area contributed by atoms with Crippen molar-refractivity contribution in [1.82, 2.24) is 5.43 Å². The van der Waals surface area contributed by atoms with Gasteiger partial charge >= 0.3 is 0 Å². The van der Waals surface area contributed by atoms with Gasteiger partial charge in [-0.1, -0.05) is 29.7 Å². The van der Waals surface area contributed by atoms with Crippen molar-refractivity contribution < 1.29 is 14.0 Å². The summed E-state index contributed by atoms with van der Waals surface area (Å²) in [7, 11) is 1.96. The molecule has 0 radical (unpaired) electrons. The quantitative estimate of drug-likeness (QED) is 0.472. The fraction of sp³-hybridized carbons (Fsp3) is 0.118. The maximum atomic E-state index is 12.7. The summed E-state index contributed by atoms with van der Waals surface area (Å²) in [5, 5.41) is 6.48. The lowest BCUT2D eigenvalue weighted by atomic mass is 9.96. The first-order valence-electron chi connectivity index (χ1n) is 7.47. The third-order valence-electron chi connectivity index (χ3n) is 3.19. The number of hydrogen-bond donors (Lipinski definition) is 2. The summed E-state index contributed by atoms with van der Waals surface area (Å²) in [5.74, 6) is -0.945. The Morgan fingerprint density at radius 3 is 2.29 bits per heavy atom. The molecule has 2 amide bonds. The molecule has 0 heterocycles. The average molecular weight is 325 g/mol. The summed E-state index contributed by atoms with van der Waals surface area (Å²) < 4.78 is 12.7. The van der Waals surface area contributed by atoms with E-state index in [1.54, 1.807) is 24.3 Å². The fourth-order valence-corrected chi connectivity index (χ4v) is 1.87. The summed E-state index contributed by atoms with van der Waals surface area (Å²) >= 11 is 0. The van der Waals surface area contributed by atoms with E-state index in [4.69, 9.17) is 0 Å². The standard InChI is InChI=1S/C17H17BFN3O2/c18-13-3-7-15(8-4-13)21-16(23)9-10-17(24)22-20-11-12-1-5-14(19)6-2-12/h1-8,11H,9-10,18H2,(H,21,23)(H,22,24)/b20-11+. The largest absolute Gasteiger partial charge is 0.326 e. The summed E-state index contributed by atoms with van der Waals surface area (Å²) in [6, 6.07) is 13.1. The molecule has 0 bridgehead atoms. The Bertz CT molecular complexity index is 731. The van der Waals surface area contributed by atoms with E-state index in [1.807, 2.05) is 20.0 Å². The number of hydrazone groups is 1. The number of nitrogens with one attached hydrogen (secondary N) is 2. The van der Waals surface area contributed by atoms with E-state index in [9.17, 15) is 14.0 Å². The third kappa shape index (κ3) is 6.04. The molecule has 2 N–H and O–H groups in total.